The molecular weight excluding hydrogens is 260 g/mol. The van der Waals surface area contributed by atoms with Gasteiger partial charge in [-0.2, -0.15) is 0 Å². The Labute approximate surface area is 116 Å². The molecule has 3 amide bonds. The molecule has 6 heteroatoms. The number of piperazine rings is 1. The van der Waals surface area contributed by atoms with E-state index in [0.29, 0.717) is 5.75 Å². The molecule has 0 spiro atoms. The van der Waals surface area contributed by atoms with E-state index in [2.05, 4.69) is 5.32 Å². The third-order valence-corrected chi connectivity index (χ3v) is 3.10. The molecule has 1 aromatic rings. The number of benzene rings is 1. The number of hydrogen-bond acceptors (Lipinski definition) is 4. The maximum atomic E-state index is 12.0. The van der Waals surface area contributed by atoms with Crippen LogP contribution in [0.25, 0.3) is 0 Å². The zero-order valence-electron chi connectivity index (χ0n) is 11.4. The first-order chi connectivity index (χ1) is 9.47. The topological polar surface area (TPSA) is 75.7 Å². The third kappa shape index (κ3) is 3.14. The second kappa shape index (κ2) is 5.73. The van der Waals surface area contributed by atoms with Crippen molar-refractivity contribution in [2.75, 3.05) is 13.2 Å². The van der Waals surface area contributed by atoms with Gasteiger partial charge >= 0.3 is 0 Å². The van der Waals surface area contributed by atoms with E-state index < -0.39 is 17.9 Å². The normalized spacial score (nSPS) is 18.7. The average Bonchev–Trinajstić information content (AvgIpc) is 2.40. The van der Waals surface area contributed by atoms with Gasteiger partial charge in [0.05, 0.1) is 0 Å². The van der Waals surface area contributed by atoms with E-state index in [-0.39, 0.29) is 19.1 Å². The van der Waals surface area contributed by atoms with Crippen LogP contribution in [-0.4, -0.2) is 41.8 Å². The molecule has 0 aliphatic carbocycles. The standard InChI is InChI=1S/C14H16N2O4/c1-9-4-3-5-11(6-9)20-8-13(18)16-7-12(17)15-14(19)10(16)2/h3-6,10H,7-8H2,1-2H3,(H,15,17,19). The third-order valence-electron chi connectivity index (χ3n) is 3.10. The fourth-order valence-corrected chi connectivity index (χ4v) is 1.95. The lowest BCUT2D eigenvalue weighted by atomic mass is 10.2. The van der Waals surface area contributed by atoms with Crippen LogP contribution >= 0.6 is 0 Å². The maximum Gasteiger partial charge on any atom is 0.261 e. The van der Waals surface area contributed by atoms with Gasteiger partial charge in [-0.05, 0) is 31.5 Å². The monoisotopic (exact) mass is 276 g/mol. The highest BCUT2D eigenvalue weighted by atomic mass is 16.5. The van der Waals surface area contributed by atoms with E-state index in [1.54, 1.807) is 13.0 Å². The average molecular weight is 276 g/mol. The molecule has 1 aliphatic rings. The molecule has 1 unspecified atom stereocenters. The van der Waals surface area contributed by atoms with Gasteiger partial charge in [-0.3, -0.25) is 19.7 Å². The Morgan fingerprint density at radius 3 is 2.90 bits per heavy atom. The van der Waals surface area contributed by atoms with Gasteiger partial charge in [0, 0.05) is 0 Å². The van der Waals surface area contributed by atoms with Crippen molar-refractivity contribution in [3.63, 3.8) is 0 Å². The molecule has 1 aliphatic heterocycles. The molecule has 0 radical (unpaired) electrons. The van der Waals surface area contributed by atoms with Gasteiger partial charge in [-0.15, -0.1) is 0 Å². The summed E-state index contributed by atoms with van der Waals surface area (Å²) in [4.78, 5) is 36.0. The first-order valence-corrected chi connectivity index (χ1v) is 6.30. The first kappa shape index (κ1) is 14.0. The van der Waals surface area contributed by atoms with E-state index in [1.807, 2.05) is 25.1 Å². The number of aryl methyl sites for hydroxylation is 1. The van der Waals surface area contributed by atoms with Crippen molar-refractivity contribution >= 4 is 17.7 Å². The lowest BCUT2D eigenvalue weighted by molar-refractivity contribution is -0.150. The molecular formula is C14H16N2O4. The smallest absolute Gasteiger partial charge is 0.261 e. The zero-order chi connectivity index (χ0) is 14.7. The Balaban J connectivity index is 1.97. The fourth-order valence-electron chi connectivity index (χ4n) is 1.95. The zero-order valence-corrected chi connectivity index (χ0v) is 11.4. The Morgan fingerprint density at radius 1 is 1.45 bits per heavy atom. The number of hydrogen-bond donors (Lipinski definition) is 1. The van der Waals surface area contributed by atoms with E-state index in [0.717, 1.165) is 5.56 Å². The van der Waals surface area contributed by atoms with Crippen molar-refractivity contribution in [1.29, 1.82) is 0 Å². The summed E-state index contributed by atoms with van der Waals surface area (Å²) in [6.07, 6.45) is 0. The molecule has 0 saturated carbocycles. The number of imide groups is 1. The Kier molecular flexibility index (Phi) is 4.02. The molecule has 20 heavy (non-hydrogen) atoms. The van der Waals surface area contributed by atoms with Crippen molar-refractivity contribution in [3.05, 3.63) is 29.8 Å². The molecule has 1 aromatic carbocycles. The fraction of sp³-hybridized carbons (Fsp3) is 0.357. The largest absolute Gasteiger partial charge is 0.484 e. The van der Waals surface area contributed by atoms with Crippen LogP contribution in [-0.2, 0) is 14.4 Å². The lowest BCUT2D eigenvalue weighted by Crippen LogP contribution is -2.59. The van der Waals surface area contributed by atoms with Crippen LogP contribution < -0.4 is 10.1 Å². The van der Waals surface area contributed by atoms with Crippen molar-refractivity contribution in [1.82, 2.24) is 10.2 Å². The molecule has 1 heterocycles. The molecule has 1 atom stereocenters. The second-order valence-electron chi connectivity index (χ2n) is 4.72. The number of nitrogens with one attached hydrogen (secondary N) is 1. The summed E-state index contributed by atoms with van der Waals surface area (Å²) in [5.41, 5.74) is 1.02. The second-order valence-corrected chi connectivity index (χ2v) is 4.72. The Hall–Kier alpha value is -2.37. The molecule has 1 N–H and O–H groups in total. The van der Waals surface area contributed by atoms with Gasteiger partial charge in [0.15, 0.2) is 6.61 Å². The number of amides is 3. The van der Waals surface area contributed by atoms with Crippen LogP contribution in [0.15, 0.2) is 24.3 Å². The highest BCUT2D eigenvalue weighted by Gasteiger charge is 2.33. The molecule has 1 saturated heterocycles. The summed E-state index contributed by atoms with van der Waals surface area (Å²) in [5.74, 6) is -0.747. The predicted octanol–water partition coefficient (Wildman–Crippen LogP) is 0.247. The number of ether oxygens (including phenoxy) is 1. The van der Waals surface area contributed by atoms with E-state index >= 15 is 0 Å². The number of carbonyl (C=O) groups excluding carboxylic acids is 3. The van der Waals surface area contributed by atoms with Crippen LogP contribution in [0.5, 0.6) is 5.75 Å². The van der Waals surface area contributed by atoms with Crippen molar-refractivity contribution in [2.24, 2.45) is 0 Å². The molecule has 6 nitrogen and oxygen atoms in total. The van der Waals surface area contributed by atoms with Crippen LogP contribution in [0.3, 0.4) is 0 Å². The number of nitrogens with zero attached hydrogens (tertiary/aromatic N) is 1. The molecule has 106 valence electrons. The van der Waals surface area contributed by atoms with Crippen LogP contribution in [0.1, 0.15) is 12.5 Å². The van der Waals surface area contributed by atoms with Gasteiger partial charge in [-0.25, -0.2) is 0 Å². The van der Waals surface area contributed by atoms with Crippen LogP contribution in [0.2, 0.25) is 0 Å². The van der Waals surface area contributed by atoms with Gasteiger partial charge in [0.25, 0.3) is 5.91 Å². The van der Waals surface area contributed by atoms with Gasteiger partial charge in [-0.1, -0.05) is 12.1 Å². The van der Waals surface area contributed by atoms with Crippen molar-refractivity contribution in [3.8, 4) is 5.75 Å². The molecule has 1 fully saturated rings. The molecule has 2 rings (SSSR count). The summed E-state index contributed by atoms with van der Waals surface area (Å²) in [6.45, 7) is 3.17. The minimum atomic E-state index is -0.665. The SMILES string of the molecule is Cc1cccc(OCC(=O)N2CC(=O)NC(=O)C2C)c1. The Morgan fingerprint density at radius 2 is 2.20 bits per heavy atom. The highest BCUT2D eigenvalue weighted by Crippen LogP contribution is 2.13. The van der Waals surface area contributed by atoms with Crippen molar-refractivity contribution < 1.29 is 19.1 Å². The Bertz CT molecular complexity index is 556. The van der Waals surface area contributed by atoms with Gasteiger partial charge in [0.1, 0.15) is 18.3 Å². The minimum absolute atomic E-state index is 0.122. The maximum absolute atomic E-state index is 12.0. The summed E-state index contributed by atoms with van der Waals surface area (Å²) in [6, 6.07) is 6.64. The lowest BCUT2D eigenvalue weighted by Gasteiger charge is -2.31. The van der Waals surface area contributed by atoms with Crippen LogP contribution in [0.4, 0.5) is 0 Å². The summed E-state index contributed by atoms with van der Waals surface area (Å²) >= 11 is 0. The summed E-state index contributed by atoms with van der Waals surface area (Å²) < 4.78 is 5.39. The summed E-state index contributed by atoms with van der Waals surface area (Å²) in [7, 11) is 0. The number of rotatable bonds is 3. The predicted molar refractivity (Wildman–Crippen MR) is 71.0 cm³/mol. The number of carbonyl (C=O) groups is 3. The highest BCUT2D eigenvalue weighted by molar-refractivity contribution is 6.04. The summed E-state index contributed by atoms with van der Waals surface area (Å²) in [5, 5.41) is 2.18. The quantitative estimate of drug-likeness (QED) is 0.803. The van der Waals surface area contributed by atoms with Crippen LogP contribution in [0, 0.1) is 6.92 Å². The van der Waals surface area contributed by atoms with E-state index in [4.69, 9.17) is 4.74 Å². The van der Waals surface area contributed by atoms with E-state index in [1.165, 1.54) is 4.90 Å². The van der Waals surface area contributed by atoms with Crippen molar-refractivity contribution in [2.45, 2.75) is 19.9 Å². The molecule has 0 bridgehead atoms. The molecule has 0 aromatic heterocycles. The van der Waals surface area contributed by atoms with E-state index in [9.17, 15) is 14.4 Å². The van der Waals surface area contributed by atoms with Gasteiger partial charge in [0.2, 0.25) is 11.8 Å². The first-order valence-electron chi connectivity index (χ1n) is 6.30. The van der Waals surface area contributed by atoms with Gasteiger partial charge < -0.3 is 9.64 Å². The minimum Gasteiger partial charge on any atom is -0.484 e.